The van der Waals surface area contributed by atoms with E-state index in [2.05, 4.69) is 4.72 Å². The van der Waals surface area contributed by atoms with Gasteiger partial charge in [-0.3, -0.25) is 4.79 Å². The van der Waals surface area contributed by atoms with E-state index < -0.39 is 10.0 Å². The van der Waals surface area contributed by atoms with Gasteiger partial charge in [-0.1, -0.05) is 0 Å². The third-order valence-corrected chi connectivity index (χ3v) is 5.13. The zero-order valence-corrected chi connectivity index (χ0v) is 15.2. The van der Waals surface area contributed by atoms with E-state index in [4.69, 9.17) is 9.47 Å². The van der Waals surface area contributed by atoms with Gasteiger partial charge in [0.15, 0.2) is 11.5 Å². The first kappa shape index (κ1) is 18.0. The Hall–Kier alpha value is -1.80. The molecule has 0 radical (unpaired) electrons. The molecule has 0 aromatic heterocycles. The average Bonchev–Trinajstić information content (AvgIpc) is 2.83. The summed E-state index contributed by atoms with van der Waals surface area (Å²) < 4.78 is 36.3. The Labute approximate surface area is 148 Å². The minimum atomic E-state index is -3.21. The van der Waals surface area contributed by atoms with Crippen molar-refractivity contribution in [1.29, 1.82) is 0 Å². The lowest BCUT2D eigenvalue weighted by molar-refractivity contribution is 0.0676. The third-order valence-electron chi connectivity index (χ3n) is 4.43. The van der Waals surface area contributed by atoms with Crippen LogP contribution in [0.1, 0.15) is 29.6 Å². The van der Waals surface area contributed by atoms with Crippen LogP contribution in [-0.2, 0) is 10.0 Å². The van der Waals surface area contributed by atoms with Crippen molar-refractivity contribution < 1.29 is 22.7 Å². The smallest absolute Gasteiger partial charge is 0.254 e. The van der Waals surface area contributed by atoms with Gasteiger partial charge < -0.3 is 14.4 Å². The number of sulfonamides is 1. The highest BCUT2D eigenvalue weighted by Gasteiger charge is 2.26. The standard InChI is InChI=1S/C17H24N2O5S/c1-25(21,22)18-11-13-4-2-7-19(12-13)17(20)14-5-6-15-16(10-14)24-9-3-8-23-15/h5-6,10,13,18H,2-4,7-9,11-12H2,1H3/t13-/m1/s1. The molecule has 1 atom stereocenters. The van der Waals surface area contributed by atoms with Gasteiger partial charge in [-0.05, 0) is 37.0 Å². The van der Waals surface area contributed by atoms with Crippen LogP contribution >= 0.6 is 0 Å². The van der Waals surface area contributed by atoms with E-state index in [-0.39, 0.29) is 11.8 Å². The minimum absolute atomic E-state index is 0.0558. The molecule has 0 bridgehead atoms. The van der Waals surface area contributed by atoms with Gasteiger partial charge in [0.1, 0.15) is 0 Å². The Bertz CT molecular complexity index is 735. The highest BCUT2D eigenvalue weighted by atomic mass is 32.2. The van der Waals surface area contributed by atoms with E-state index in [9.17, 15) is 13.2 Å². The molecule has 2 aliphatic heterocycles. The van der Waals surface area contributed by atoms with Crippen molar-refractivity contribution in [3.8, 4) is 11.5 Å². The number of hydrogen-bond donors (Lipinski definition) is 1. The number of likely N-dealkylation sites (tertiary alicyclic amines) is 1. The number of benzene rings is 1. The molecular weight excluding hydrogens is 344 g/mol. The Morgan fingerprint density at radius 3 is 2.76 bits per heavy atom. The van der Waals surface area contributed by atoms with Crippen LogP contribution in [0.5, 0.6) is 11.5 Å². The number of carbonyl (C=O) groups is 1. The number of nitrogens with zero attached hydrogens (tertiary/aromatic N) is 1. The predicted molar refractivity (Wildman–Crippen MR) is 93.5 cm³/mol. The molecule has 1 saturated heterocycles. The highest BCUT2D eigenvalue weighted by molar-refractivity contribution is 7.88. The number of rotatable bonds is 4. The molecule has 0 aliphatic carbocycles. The van der Waals surface area contributed by atoms with Crippen LogP contribution in [0.2, 0.25) is 0 Å². The maximum absolute atomic E-state index is 12.8. The van der Waals surface area contributed by atoms with Crippen molar-refractivity contribution in [2.24, 2.45) is 5.92 Å². The van der Waals surface area contributed by atoms with Crippen molar-refractivity contribution in [2.45, 2.75) is 19.3 Å². The zero-order valence-electron chi connectivity index (χ0n) is 14.4. The number of hydrogen-bond acceptors (Lipinski definition) is 5. The highest BCUT2D eigenvalue weighted by Crippen LogP contribution is 2.31. The molecule has 1 amide bonds. The molecule has 2 aliphatic rings. The van der Waals surface area contributed by atoms with Crippen molar-refractivity contribution >= 4 is 15.9 Å². The van der Waals surface area contributed by atoms with Gasteiger partial charge in [0, 0.05) is 31.6 Å². The van der Waals surface area contributed by atoms with Crippen molar-refractivity contribution in [2.75, 3.05) is 39.1 Å². The summed E-state index contributed by atoms with van der Waals surface area (Å²) in [6, 6.07) is 5.27. The number of nitrogens with one attached hydrogen (secondary N) is 1. The summed E-state index contributed by atoms with van der Waals surface area (Å²) in [6.07, 6.45) is 3.75. The lowest BCUT2D eigenvalue weighted by atomic mass is 9.97. The monoisotopic (exact) mass is 368 g/mol. The van der Waals surface area contributed by atoms with E-state index >= 15 is 0 Å². The molecule has 1 aromatic carbocycles. The summed E-state index contributed by atoms with van der Waals surface area (Å²) in [7, 11) is -3.21. The number of amides is 1. The van der Waals surface area contributed by atoms with Gasteiger partial charge in [0.2, 0.25) is 10.0 Å². The number of ether oxygens (including phenoxy) is 2. The van der Waals surface area contributed by atoms with Crippen LogP contribution in [0.25, 0.3) is 0 Å². The molecule has 1 N–H and O–H groups in total. The van der Waals surface area contributed by atoms with E-state index in [1.807, 2.05) is 0 Å². The summed E-state index contributed by atoms with van der Waals surface area (Å²) in [5, 5.41) is 0. The lowest BCUT2D eigenvalue weighted by Crippen LogP contribution is -2.43. The van der Waals surface area contributed by atoms with Gasteiger partial charge in [-0.2, -0.15) is 0 Å². The maximum atomic E-state index is 12.8. The molecule has 138 valence electrons. The molecule has 3 rings (SSSR count). The maximum Gasteiger partial charge on any atom is 0.254 e. The van der Waals surface area contributed by atoms with E-state index in [1.165, 1.54) is 0 Å². The summed E-state index contributed by atoms with van der Waals surface area (Å²) in [4.78, 5) is 14.6. The molecule has 1 fully saturated rings. The quantitative estimate of drug-likeness (QED) is 0.865. The lowest BCUT2D eigenvalue weighted by Gasteiger charge is -2.33. The topological polar surface area (TPSA) is 84.9 Å². The first-order valence-electron chi connectivity index (χ1n) is 8.56. The molecule has 2 heterocycles. The van der Waals surface area contributed by atoms with Crippen LogP contribution in [0.15, 0.2) is 18.2 Å². The fourth-order valence-electron chi connectivity index (χ4n) is 3.16. The molecule has 25 heavy (non-hydrogen) atoms. The van der Waals surface area contributed by atoms with Crippen LogP contribution < -0.4 is 14.2 Å². The third kappa shape index (κ3) is 4.85. The Kier molecular flexibility index (Phi) is 5.48. The minimum Gasteiger partial charge on any atom is -0.490 e. The van der Waals surface area contributed by atoms with E-state index in [0.717, 1.165) is 25.5 Å². The van der Waals surface area contributed by atoms with Gasteiger partial charge in [-0.25, -0.2) is 13.1 Å². The first-order chi connectivity index (χ1) is 11.9. The Morgan fingerprint density at radius 1 is 1.24 bits per heavy atom. The number of carbonyl (C=O) groups excluding carboxylic acids is 1. The van der Waals surface area contributed by atoms with E-state index in [1.54, 1.807) is 23.1 Å². The molecule has 0 spiro atoms. The van der Waals surface area contributed by atoms with Crippen LogP contribution in [0.4, 0.5) is 0 Å². The van der Waals surface area contributed by atoms with Gasteiger partial charge in [-0.15, -0.1) is 0 Å². The van der Waals surface area contributed by atoms with Crippen LogP contribution in [-0.4, -0.2) is 58.3 Å². The average molecular weight is 368 g/mol. The molecule has 8 heteroatoms. The van der Waals surface area contributed by atoms with Gasteiger partial charge >= 0.3 is 0 Å². The SMILES string of the molecule is CS(=O)(=O)NC[C@H]1CCCN(C(=O)c2ccc3c(c2)OCCCO3)C1. The largest absolute Gasteiger partial charge is 0.490 e. The van der Waals surface area contributed by atoms with Crippen molar-refractivity contribution in [3.05, 3.63) is 23.8 Å². The van der Waals surface area contributed by atoms with Gasteiger partial charge in [0.05, 0.1) is 19.5 Å². The first-order valence-corrected chi connectivity index (χ1v) is 10.4. The molecule has 1 aromatic rings. The summed E-state index contributed by atoms with van der Waals surface area (Å²) in [5.41, 5.74) is 0.570. The second-order valence-electron chi connectivity index (χ2n) is 6.59. The molecule has 0 saturated carbocycles. The number of fused-ring (bicyclic) bond motifs is 1. The second kappa shape index (κ2) is 7.61. The van der Waals surface area contributed by atoms with Crippen LogP contribution in [0, 0.1) is 5.92 Å². The number of piperidine rings is 1. The molecular formula is C17H24N2O5S. The van der Waals surface area contributed by atoms with E-state index in [0.29, 0.717) is 49.9 Å². The summed E-state index contributed by atoms with van der Waals surface area (Å²) in [6.45, 7) is 2.79. The van der Waals surface area contributed by atoms with Crippen LogP contribution in [0.3, 0.4) is 0 Å². The predicted octanol–water partition coefficient (Wildman–Crippen LogP) is 1.25. The second-order valence-corrected chi connectivity index (χ2v) is 8.43. The summed E-state index contributed by atoms with van der Waals surface area (Å²) >= 11 is 0. The zero-order chi connectivity index (χ0) is 17.9. The van der Waals surface area contributed by atoms with Crippen molar-refractivity contribution in [3.63, 3.8) is 0 Å². The molecule has 7 nitrogen and oxygen atoms in total. The molecule has 0 unspecified atom stereocenters. The van der Waals surface area contributed by atoms with Gasteiger partial charge in [0.25, 0.3) is 5.91 Å². The fraction of sp³-hybridized carbons (Fsp3) is 0.588. The summed E-state index contributed by atoms with van der Waals surface area (Å²) in [5.74, 6) is 1.35. The van der Waals surface area contributed by atoms with Crippen molar-refractivity contribution in [1.82, 2.24) is 9.62 Å². The Balaban J connectivity index is 1.67. The Morgan fingerprint density at radius 2 is 2.00 bits per heavy atom. The normalized spacial score (nSPS) is 20.8. The fourth-order valence-corrected chi connectivity index (χ4v) is 3.70.